The molecular formula is C21H26ClN3O3. The predicted molar refractivity (Wildman–Crippen MR) is 106 cm³/mol. The standard InChI is InChI=1S/C21H26ClN3O3/c1-20(2,3)28-19(26)15-4-5-16(23-18(15)22)25-12-7-17(24-25)27-13-8-14-6-9-21(14)10-11-21/h4-5,7,12,14H,6,8-11,13H2,1-3H3. The van der Waals surface area contributed by atoms with E-state index in [1.165, 1.54) is 25.7 Å². The molecule has 0 radical (unpaired) electrons. The largest absolute Gasteiger partial charge is 0.477 e. The Bertz CT molecular complexity index is 883. The van der Waals surface area contributed by atoms with Crippen LogP contribution < -0.4 is 4.74 Å². The minimum absolute atomic E-state index is 0.0874. The van der Waals surface area contributed by atoms with Crippen LogP contribution >= 0.6 is 11.6 Å². The van der Waals surface area contributed by atoms with E-state index in [0.717, 1.165) is 12.3 Å². The molecule has 1 spiro atoms. The molecule has 2 aliphatic rings. The first-order valence-electron chi connectivity index (χ1n) is 9.85. The van der Waals surface area contributed by atoms with Gasteiger partial charge in [0.25, 0.3) is 0 Å². The zero-order chi connectivity index (χ0) is 19.9. The lowest BCUT2D eigenvalue weighted by atomic mass is 9.69. The van der Waals surface area contributed by atoms with Crippen molar-refractivity contribution in [1.29, 1.82) is 0 Å². The fraction of sp³-hybridized carbons (Fsp3) is 0.571. The number of esters is 1. The minimum Gasteiger partial charge on any atom is -0.477 e. The van der Waals surface area contributed by atoms with Gasteiger partial charge in [-0.25, -0.2) is 14.5 Å². The SMILES string of the molecule is CC(C)(C)OC(=O)c1ccc(-n2ccc(OCCC3CCC34CC4)n2)nc1Cl. The number of rotatable bonds is 6. The molecule has 4 rings (SSSR count). The average Bonchev–Trinajstić information content (AvgIpc) is 3.31. The number of ether oxygens (including phenoxy) is 2. The zero-order valence-corrected chi connectivity index (χ0v) is 17.3. The van der Waals surface area contributed by atoms with Gasteiger partial charge in [0.15, 0.2) is 5.82 Å². The van der Waals surface area contributed by atoms with Gasteiger partial charge < -0.3 is 9.47 Å². The average molecular weight is 404 g/mol. The molecule has 0 bridgehead atoms. The lowest BCUT2D eigenvalue weighted by molar-refractivity contribution is 0.00693. The molecule has 7 heteroatoms. The van der Waals surface area contributed by atoms with Gasteiger partial charge in [-0.15, -0.1) is 5.10 Å². The maximum atomic E-state index is 12.2. The quantitative estimate of drug-likeness (QED) is 0.510. The molecule has 0 saturated heterocycles. The van der Waals surface area contributed by atoms with Gasteiger partial charge in [-0.05, 0) is 76.3 Å². The van der Waals surface area contributed by atoms with Crippen molar-refractivity contribution in [2.75, 3.05) is 6.61 Å². The number of nitrogens with zero attached hydrogens (tertiary/aromatic N) is 3. The Morgan fingerprint density at radius 3 is 2.68 bits per heavy atom. The first kappa shape index (κ1) is 19.2. The second kappa shape index (κ2) is 7.07. The number of hydrogen-bond acceptors (Lipinski definition) is 5. The highest BCUT2D eigenvalue weighted by Crippen LogP contribution is 2.65. The van der Waals surface area contributed by atoms with Gasteiger partial charge in [-0.2, -0.15) is 0 Å². The van der Waals surface area contributed by atoms with Gasteiger partial charge in [-0.1, -0.05) is 11.6 Å². The van der Waals surface area contributed by atoms with Crippen molar-refractivity contribution < 1.29 is 14.3 Å². The van der Waals surface area contributed by atoms with Crippen molar-refractivity contribution in [3.05, 3.63) is 35.1 Å². The first-order chi connectivity index (χ1) is 13.3. The Hall–Kier alpha value is -2.08. The summed E-state index contributed by atoms with van der Waals surface area (Å²) in [5, 5.41) is 4.49. The van der Waals surface area contributed by atoms with Crippen LogP contribution in [0.15, 0.2) is 24.4 Å². The van der Waals surface area contributed by atoms with Crippen LogP contribution in [0, 0.1) is 11.3 Å². The smallest absolute Gasteiger partial charge is 0.341 e. The third-order valence-corrected chi connectivity index (χ3v) is 6.01. The summed E-state index contributed by atoms with van der Waals surface area (Å²) in [7, 11) is 0. The fourth-order valence-corrected chi connectivity index (χ4v) is 4.11. The number of carbonyl (C=O) groups excluding carboxylic acids is 1. The van der Waals surface area contributed by atoms with Crippen LogP contribution in [0.25, 0.3) is 5.82 Å². The predicted octanol–water partition coefficient (Wildman–Crippen LogP) is 4.84. The maximum absolute atomic E-state index is 12.2. The summed E-state index contributed by atoms with van der Waals surface area (Å²) in [4.78, 5) is 16.5. The van der Waals surface area contributed by atoms with E-state index in [2.05, 4.69) is 10.1 Å². The number of halogens is 1. The van der Waals surface area contributed by atoms with E-state index < -0.39 is 11.6 Å². The number of aromatic nitrogens is 3. The zero-order valence-electron chi connectivity index (χ0n) is 16.6. The second-order valence-electron chi connectivity index (χ2n) is 8.84. The van der Waals surface area contributed by atoms with E-state index in [0.29, 0.717) is 23.7 Å². The van der Waals surface area contributed by atoms with Gasteiger partial charge in [-0.3, -0.25) is 0 Å². The molecule has 2 aromatic heterocycles. The van der Waals surface area contributed by atoms with Crippen LogP contribution in [0.5, 0.6) is 5.88 Å². The lowest BCUT2D eigenvalue weighted by Gasteiger charge is -2.37. The molecule has 2 fully saturated rings. The highest BCUT2D eigenvalue weighted by molar-refractivity contribution is 6.32. The van der Waals surface area contributed by atoms with Crippen molar-refractivity contribution in [3.63, 3.8) is 0 Å². The lowest BCUT2D eigenvalue weighted by Crippen LogP contribution is -2.28. The molecule has 28 heavy (non-hydrogen) atoms. The molecule has 0 amide bonds. The maximum Gasteiger partial charge on any atom is 0.341 e. The molecule has 0 aromatic carbocycles. The summed E-state index contributed by atoms with van der Waals surface area (Å²) in [6, 6.07) is 5.10. The Morgan fingerprint density at radius 2 is 2.07 bits per heavy atom. The first-order valence-corrected chi connectivity index (χ1v) is 10.2. The monoisotopic (exact) mass is 403 g/mol. The Kier molecular flexibility index (Phi) is 4.86. The highest BCUT2D eigenvalue weighted by Gasteiger charge is 2.54. The summed E-state index contributed by atoms with van der Waals surface area (Å²) >= 11 is 6.20. The van der Waals surface area contributed by atoms with Gasteiger partial charge in [0.05, 0.1) is 12.2 Å². The molecule has 0 aliphatic heterocycles. The Labute approximate surface area is 170 Å². The van der Waals surface area contributed by atoms with Gasteiger partial charge in [0.2, 0.25) is 5.88 Å². The van der Waals surface area contributed by atoms with Gasteiger partial charge >= 0.3 is 5.97 Å². The summed E-state index contributed by atoms with van der Waals surface area (Å²) < 4.78 is 12.8. The van der Waals surface area contributed by atoms with Crippen LogP contribution in [-0.4, -0.2) is 32.9 Å². The summed E-state index contributed by atoms with van der Waals surface area (Å²) in [6.45, 7) is 6.11. The summed E-state index contributed by atoms with van der Waals surface area (Å²) in [6.07, 6.45) is 8.41. The van der Waals surface area contributed by atoms with E-state index in [9.17, 15) is 4.79 Å². The third-order valence-electron chi connectivity index (χ3n) is 5.72. The number of hydrogen-bond donors (Lipinski definition) is 0. The summed E-state index contributed by atoms with van der Waals surface area (Å²) in [5.41, 5.74) is 0.323. The Morgan fingerprint density at radius 1 is 1.29 bits per heavy atom. The van der Waals surface area contributed by atoms with Crippen molar-refractivity contribution in [3.8, 4) is 11.7 Å². The normalized spacial score (nSPS) is 19.9. The van der Waals surface area contributed by atoms with Crippen molar-refractivity contribution in [2.24, 2.45) is 11.3 Å². The molecular weight excluding hydrogens is 378 g/mol. The van der Waals surface area contributed by atoms with Crippen molar-refractivity contribution in [2.45, 2.75) is 58.5 Å². The van der Waals surface area contributed by atoms with E-state index in [4.69, 9.17) is 21.1 Å². The third kappa shape index (κ3) is 4.02. The van der Waals surface area contributed by atoms with Crippen molar-refractivity contribution >= 4 is 17.6 Å². The van der Waals surface area contributed by atoms with Crippen molar-refractivity contribution in [1.82, 2.24) is 14.8 Å². The molecule has 1 unspecified atom stereocenters. The second-order valence-corrected chi connectivity index (χ2v) is 9.20. The van der Waals surface area contributed by atoms with Crippen LogP contribution in [0.2, 0.25) is 5.15 Å². The van der Waals surface area contributed by atoms with Gasteiger partial charge in [0, 0.05) is 12.3 Å². The molecule has 2 aromatic rings. The fourth-order valence-electron chi connectivity index (χ4n) is 3.88. The van der Waals surface area contributed by atoms with Crippen LogP contribution in [0.4, 0.5) is 0 Å². The van der Waals surface area contributed by atoms with E-state index in [1.54, 1.807) is 43.8 Å². The molecule has 2 aliphatic carbocycles. The highest BCUT2D eigenvalue weighted by atomic mass is 35.5. The molecule has 150 valence electrons. The van der Waals surface area contributed by atoms with E-state index >= 15 is 0 Å². The minimum atomic E-state index is -0.591. The molecule has 2 heterocycles. The van der Waals surface area contributed by atoms with E-state index in [1.807, 2.05) is 6.07 Å². The van der Waals surface area contributed by atoms with Crippen LogP contribution in [0.1, 0.15) is 63.2 Å². The molecule has 6 nitrogen and oxygen atoms in total. The topological polar surface area (TPSA) is 66.2 Å². The number of pyridine rings is 1. The number of carbonyl (C=O) groups is 1. The molecule has 2 saturated carbocycles. The molecule has 0 N–H and O–H groups in total. The van der Waals surface area contributed by atoms with Crippen LogP contribution in [0.3, 0.4) is 0 Å². The molecule has 1 atom stereocenters. The summed E-state index contributed by atoms with van der Waals surface area (Å²) in [5.74, 6) is 1.42. The van der Waals surface area contributed by atoms with Gasteiger partial charge in [0.1, 0.15) is 10.8 Å². The Balaban J connectivity index is 1.36. The van der Waals surface area contributed by atoms with E-state index in [-0.39, 0.29) is 10.7 Å². The van der Waals surface area contributed by atoms with Crippen LogP contribution in [-0.2, 0) is 4.74 Å².